The Morgan fingerprint density at radius 1 is 1.10 bits per heavy atom. The second-order valence-corrected chi connectivity index (χ2v) is 8.00. The van der Waals surface area contributed by atoms with E-state index in [1.165, 1.54) is 24.5 Å². The maximum absolute atomic E-state index is 12.5. The number of hydrogen-bond acceptors (Lipinski definition) is 5. The standard InChI is InChI=1S/C23H20ClNO4S/c1-14-20(16-5-4-6-17(24)13-16)21(23(27)29-3)22(30-14)25-19(26)12-9-15-7-10-18(28-2)11-8-15/h4-13H,1-3H3,(H,25,26)/b12-9+. The summed E-state index contributed by atoms with van der Waals surface area (Å²) in [6.07, 6.45) is 3.10. The molecule has 0 saturated heterocycles. The highest BCUT2D eigenvalue weighted by molar-refractivity contribution is 7.17. The number of halogens is 1. The number of methoxy groups -OCH3 is 2. The van der Waals surface area contributed by atoms with E-state index in [9.17, 15) is 9.59 Å². The molecule has 0 aliphatic heterocycles. The Morgan fingerprint density at radius 2 is 1.83 bits per heavy atom. The summed E-state index contributed by atoms with van der Waals surface area (Å²) in [5, 5.41) is 3.79. The van der Waals surface area contributed by atoms with Gasteiger partial charge in [0.2, 0.25) is 5.91 Å². The van der Waals surface area contributed by atoms with Crippen molar-refractivity contribution in [3.63, 3.8) is 0 Å². The Bertz CT molecular complexity index is 1100. The molecule has 0 saturated carbocycles. The number of esters is 1. The van der Waals surface area contributed by atoms with Crippen molar-refractivity contribution in [1.29, 1.82) is 0 Å². The summed E-state index contributed by atoms with van der Waals surface area (Å²) in [4.78, 5) is 25.9. The van der Waals surface area contributed by atoms with Crippen LogP contribution in [0.2, 0.25) is 5.02 Å². The quantitative estimate of drug-likeness (QED) is 0.386. The number of carbonyl (C=O) groups is 2. The van der Waals surface area contributed by atoms with Gasteiger partial charge in [0.05, 0.1) is 14.2 Å². The largest absolute Gasteiger partial charge is 0.497 e. The minimum Gasteiger partial charge on any atom is -0.497 e. The molecule has 1 N–H and O–H groups in total. The molecule has 0 unspecified atom stereocenters. The van der Waals surface area contributed by atoms with Crippen LogP contribution < -0.4 is 10.1 Å². The molecule has 1 amide bonds. The number of hydrogen-bond donors (Lipinski definition) is 1. The molecule has 5 nitrogen and oxygen atoms in total. The van der Waals surface area contributed by atoms with E-state index in [4.69, 9.17) is 21.1 Å². The van der Waals surface area contributed by atoms with Gasteiger partial charge >= 0.3 is 5.97 Å². The fourth-order valence-corrected chi connectivity index (χ4v) is 4.22. The van der Waals surface area contributed by atoms with Gasteiger partial charge in [-0.3, -0.25) is 4.79 Å². The van der Waals surface area contributed by atoms with E-state index in [-0.39, 0.29) is 5.91 Å². The van der Waals surface area contributed by atoms with Gasteiger partial charge in [-0.1, -0.05) is 35.9 Å². The van der Waals surface area contributed by atoms with E-state index in [0.29, 0.717) is 21.2 Å². The second kappa shape index (κ2) is 9.61. The molecular formula is C23H20ClNO4S. The Hall–Kier alpha value is -3.09. The topological polar surface area (TPSA) is 64.6 Å². The second-order valence-electron chi connectivity index (χ2n) is 6.34. The molecule has 0 spiro atoms. The predicted molar refractivity (Wildman–Crippen MR) is 121 cm³/mol. The highest BCUT2D eigenvalue weighted by Gasteiger charge is 2.24. The number of carbonyl (C=O) groups excluding carboxylic acids is 2. The average Bonchev–Trinajstić information content (AvgIpc) is 3.07. The lowest BCUT2D eigenvalue weighted by atomic mass is 10.0. The van der Waals surface area contributed by atoms with Crippen LogP contribution in [-0.4, -0.2) is 26.1 Å². The zero-order valence-electron chi connectivity index (χ0n) is 16.7. The first-order valence-corrected chi connectivity index (χ1v) is 10.2. The van der Waals surface area contributed by atoms with E-state index in [1.807, 2.05) is 43.3 Å². The van der Waals surface area contributed by atoms with E-state index in [0.717, 1.165) is 21.8 Å². The number of rotatable bonds is 6. The minimum atomic E-state index is -0.524. The number of anilines is 1. The summed E-state index contributed by atoms with van der Waals surface area (Å²) in [7, 11) is 2.91. The van der Waals surface area contributed by atoms with Gasteiger partial charge in [-0.25, -0.2) is 4.79 Å². The van der Waals surface area contributed by atoms with Crippen LogP contribution in [-0.2, 0) is 9.53 Å². The number of thiophene rings is 1. The van der Waals surface area contributed by atoms with E-state index >= 15 is 0 Å². The molecule has 30 heavy (non-hydrogen) atoms. The number of benzene rings is 2. The molecule has 3 rings (SSSR count). The van der Waals surface area contributed by atoms with Crippen molar-refractivity contribution < 1.29 is 19.1 Å². The van der Waals surface area contributed by atoms with Crippen molar-refractivity contribution in [3.05, 3.63) is 75.6 Å². The van der Waals surface area contributed by atoms with Gasteiger partial charge in [-0.2, -0.15) is 0 Å². The Kier molecular flexibility index (Phi) is 6.92. The lowest BCUT2D eigenvalue weighted by Gasteiger charge is -2.07. The van der Waals surface area contributed by atoms with Crippen molar-refractivity contribution in [3.8, 4) is 16.9 Å². The average molecular weight is 442 g/mol. The van der Waals surface area contributed by atoms with Crippen LogP contribution in [0.1, 0.15) is 20.8 Å². The lowest BCUT2D eigenvalue weighted by Crippen LogP contribution is -2.11. The fraction of sp³-hybridized carbons (Fsp3) is 0.130. The molecular weight excluding hydrogens is 422 g/mol. The van der Waals surface area contributed by atoms with Gasteiger partial charge in [0, 0.05) is 21.5 Å². The van der Waals surface area contributed by atoms with Gasteiger partial charge in [0.25, 0.3) is 0 Å². The van der Waals surface area contributed by atoms with Gasteiger partial charge in [0.1, 0.15) is 16.3 Å². The van der Waals surface area contributed by atoms with Crippen molar-refractivity contribution >= 4 is 45.9 Å². The zero-order chi connectivity index (χ0) is 21.7. The summed E-state index contributed by atoms with van der Waals surface area (Å²) in [5.74, 6) is -0.138. The monoisotopic (exact) mass is 441 g/mol. The molecule has 7 heteroatoms. The van der Waals surface area contributed by atoms with Crippen molar-refractivity contribution in [2.45, 2.75) is 6.92 Å². The number of aryl methyl sites for hydroxylation is 1. The summed E-state index contributed by atoms with van der Waals surface area (Å²) in [5.41, 5.74) is 2.64. The van der Waals surface area contributed by atoms with E-state index in [2.05, 4.69) is 5.32 Å². The van der Waals surface area contributed by atoms with Crippen LogP contribution >= 0.6 is 22.9 Å². The molecule has 0 aliphatic carbocycles. The van der Waals surface area contributed by atoms with Crippen LogP contribution in [0.5, 0.6) is 5.75 Å². The van der Waals surface area contributed by atoms with E-state index < -0.39 is 5.97 Å². The first-order valence-electron chi connectivity index (χ1n) is 9.03. The molecule has 3 aromatic rings. The molecule has 0 bridgehead atoms. The molecule has 0 aliphatic rings. The van der Waals surface area contributed by atoms with E-state index in [1.54, 1.807) is 25.3 Å². The normalized spacial score (nSPS) is 10.8. The zero-order valence-corrected chi connectivity index (χ0v) is 18.3. The third kappa shape index (κ3) is 4.90. The van der Waals surface area contributed by atoms with Crippen LogP contribution in [0.4, 0.5) is 5.00 Å². The molecule has 0 fully saturated rings. The van der Waals surface area contributed by atoms with Gasteiger partial charge in [-0.05, 0) is 48.4 Å². The third-order valence-electron chi connectivity index (χ3n) is 4.37. The van der Waals surface area contributed by atoms with Crippen LogP contribution in [0.15, 0.2) is 54.6 Å². The molecule has 154 valence electrons. The third-order valence-corrected chi connectivity index (χ3v) is 5.62. The number of nitrogens with one attached hydrogen (secondary N) is 1. The summed E-state index contributed by atoms with van der Waals surface area (Å²) in [6.45, 7) is 1.89. The molecule has 1 aromatic heterocycles. The van der Waals surface area contributed by atoms with Crippen LogP contribution in [0.25, 0.3) is 17.2 Å². The highest BCUT2D eigenvalue weighted by atomic mass is 35.5. The SMILES string of the molecule is COC(=O)c1c(NC(=O)/C=C/c2ccc(OC)cc2)sc(C)c1-c1cccc(Cl)c1. The maximum Gasteiger partial charge on any atom is 0.341 e. The summed E-state index contributed by atoms with van der Waals surface area (Å²) >= 11 is 7.44. The van der Waals surface area contributed by atoms with Crippen molar-refractivity contribution in [1.82, 2.24) is 0 Å². The number of amides is 1. The van der Waals surface area contributed by atoms with Gasteiger partial charge < -0.3 is 14.8 Å². The summed E-state index contributed by atoms with van der Waals surface area (Å²) < 4.78 is 10.1. The molecule has 1 heterocycles. The Morgan fingerprint density at radius 3 is 2.47 bits per heavy atom. The lowest BCUT2D eigenvalue weighted by molar-refractivity contribution is -0.111. The van der Waals surface area contributed by atoms with Gasteiger partial charge in [0.15, 0.2) is 0 Å². The van der Waals surface area contributed by atoms with Crippen molar-refractivity contribution in [2.24, 2.45) is 0 Å². The fourth-order valence-electron chi connectivity index (χ4n) is 2.96. The molecule has 0 atom stereocenters. The molecule has 0 radical (unpaired) electrons. The maximum atomic E-state index is 12.5. The first-order chi connectivity index (χ1) is 14.4. The Labute approximate surface area is 183 Å². The number of ether oxygens (including phenoxy) is 2. The first kappa shape index (κ1) is 21.6. The molecule has 2 aromatic carbocycles. The predicted octanol–water partition coefficient (Wildman–Crippen LogP) is 5.82. The van der Waals surface area contributed by atoms with Crippen LogP contribution in [0.3, 0.4) is 0 Å². The van der Waals surface area contributed by atoms with Crippen molar-refractivity contribution in [2.75, 3.05) is 19.5 Å². The minimum absolute atomic E-state index is 0.313. The van der Waals surface area contributed by atoms with Gasteiger partial charge in [-0.15, -0.1) is 11.3 Å². The smallest absolute Gasteiger partial charge is 0.341 e. The Balaban J connectivity index is 1.89. The highest BCUT2D eigenvalue weighted by Crippen LogP contribution is 2.41. The summed E-state index contributed by atoms with van der Waals surface area (Å²) in [6, 6.07) is 14.5. The van der Waals surface area contributed by atoms with Crippen LogP contribution in [0, 0.1) is 6.92 Å².